The quantitative estimate of drug-likeness (QED) is 0.849. The Balaban J connectivity index is 1.53. The maximum absolute atomic E-state index is 12.2. The summed E-state index contributed by atoms with van der Waals surface area (Å²) in [6.07, 6.45) is 4.14. The molecule has 2 fully saturated rings. The van der Waals surface area contributed by atoms with E-state index < -0.39 is 6.10 Å². The number of aliphatic hydroxyl groups excluding tert-OH is 1. The lowest BCUT2D eigenvalue weighted by Crippen LogP contribution is -2.32. The molecular weight excluding hydrogens is 268 g/mol. The molecule has 0 unspecified atom stereocenters. The molecule has 3 rings (SSSR count). The molecule has 0 spiro atoms. The first kappa shape index (κ1) is 14.5. The van der Waals surface area contributed by atoms with Crippen LogP contribution in [-0.4, -0.2) is 63.3 Å². The van der Waals surface area contributed by atoms with Crippen molar-refractivity contribution in [1.82, 2.24) is 20.0 Å². The van der Waals surface area contributed by atoms with Gasteiger partial charge in [-0.25, -0.2) is 0 Å². The fraction of sp³-hybridized carbons (Fsp3) is 0.733. The van der Waals surface area contributed by atoms with Gasteiger partial charge in [0.1, 0.15) is 0 Å². The molecule has 0 aromatic carbocycles. The molecule has 0 aliphatic carbocycles. The molecule has 2 aliphatic heterocycles. The van der Waals surface area contributed by atoms with Gasteiger partial charge in [0.05, 0.1) is 12.3 Å². The monoisotopic (exact) mass is 292 g/mol. The van der Waals surface area contributed by atoms with Crippen LogP contribution >= 0.6 is 0 Å². The zero-order valence-electron chi connectivity index (χ0n) is 12.6. The largest absolute Gasteiger partial charge is 0.391 e. The number of aromatic amines is 1. The number of carbonyl (C=O) groups excluding carboxylic acids is 1. The second-order valence-electron chi connectivity index (χ2n) is 6.33. The van der Waals surface area contributed by atoms with E-state index >= 15 is 0 Å². The van der Waals surface area contributed by atoms with Gasteiger partial charge in [0, 0.05) is 56.3 Å². The summed E-state index contributed by atoms with van der Waals surface area (Å²) in [5.74, 6) is 0.267. The molecule has 2 atom stereocenters. The summed E-state index contributed by atoms with van der Waals surface area (Å²) in [6, 6.07) is 0. The zero-order chi connectivity index (χ0) is 14.8. The average Bonchev–Trinajstić information content (AvgIpc) is 3.15. The van der Waals surface area contributed by atoms with Crippen molar-refractivity contribution in [1.29, 1.82) is 0 Å². The molecule has 0 radical (unpaired) electrons. The smallest absolute Gasteiger partial charge is 0.222 e. The highest BCUT2D eigenvalue weighted by atomic mass is 16.3. The van der Waals surface area contributed by atoms with Crippen molar-refractivity contribution in [3.63, 3.8) is 0 Å². The van der Waals surface area contributed by atoms with Gasteiger partial charge in [-0.05, 0) is 19.8 Å². The number of aromatic nitrogens is 2. The fourth-order valence-corrected chi connectivity index (χ4v) is 3.37. The van der Waals surface area contributed by atoms with E-state index in [0.717, 1.165) is 50.3 Å². The Morgan fingerprint density at radius 3 is 2.86 bits per heavy atom. The van der Waals surface area contributed by atoms with Crippen LogP contribution in [0.1, 0.15) is 30.5 Å². The highest BCUT2D eigenvalue weighted by molar-refractivity contribution is 5.76. The van der Waals surface area contributed by atoms with Crippen molar-refractivity contribution in [3.05, 3.63) is 17.5 Å². The molecular formula is C15H24N4O2. The number of amides is 1. The Hall–Kier alpha value is -1.40. The van der Waals surface area contributed by atoms with Gasteiger partial charge in [0.25, 0.3) is 0 Å². The van der Waals surface area contributed by atoms with Crippen LogP contribution in [0.2, 0.25) is 0 Å². The summed E-state index contributed by atoms with van der Waals surface area (Å²) < 4.78 is 0. The number of nitrogens with one attached hydrogen (secondary N) is 1. The lowest BCUT2D eigenvalue weighted by atomic mass is 10.0. The first-order valence-electron chi connectivity index (χ1n) is 7.80. The predicted molar refractivity (Wildman–Crippen MR) is 78.5 cm³/mol. The first-order chi connectivity index (χ1) is 10.1. The van der Waals surface area contributed by atoms with Crippen LogP contribution in [0.15, 0.2) is 6.20 Å². The van der Waals surface area contributed by atoms with Crippen molar-refractivity contribution < 1.29 is 9.90 Å². The number of hydrogen-bond donors (Lipinski definition) is 2. The SMILES string of the molecule is Cc1[nH]ncc1CN1C[C@H](CC(=O)N2CCCC2)[C@@H](O)C1. The van der Waals surface area contributed by atoms with Gasteiger partial charge < -0.3 is 10.0 Å². The number of rotatable bonds is 4. The second kappa shape index (κ2) is 6.15. The minimum atomic E-state index is -0.399. The van der Waals surface area contributed by atoms with E-state index in [1.54, 1.807) is 0 Å². The topological polar surface area (TPSA) is 72.5 Å². The van der Waals surface area contributed by atoms with Crippen LogP contribution < -0.4 is 0 Å². The minimum Gasteiger partial charge on any atom is -0.391 e. The van der Waals surface area contributed by atoms with E-state index in [-0.39, 0.29) is 11.8 Å². The summed E-state index contributed by atoms with van der Waals surface area (Å²) >= 11 is 0. The maximum atomic E-state index is 12.2. The third kappa shape index (κ3) is 3.27. The number of nitrogens with zero attached hydrogens (tertiary/aromatic N) is 3. The molecule has 2 N–H and O–H groups in total. The first-order valence-corrected chi connectivity index (χ1v) is 7.80. The number of likely N-dealkylation sites (tertiary alicyclic amines) is 2. The highest BCUT2D eigenvalue weighted by Gasteiger charge is 2.34. The Kier molecular flexibility index (Phi) is 4.26. The number of hydrogen-bond acceptors (Lipinski definition) is 4. The van der Waals surface area contributed by atoms with E-state index in [1.807, 2.05) is 18.0 Å². The number of aliphatic hydroxyl groups is 1. The fourth-order valence-electron chi connectivity index (χ4n) is 3.37. The number of β-amino-alcohol motifs (C(OH)–C–C–N with tert-alkyl or cyclic N) is 1. The van der Waals surface area contributed by atoms with Gasteiger partial charge in [-0.3, -0.25) is 14.8 Å². The van der Waals surface area contributed by atoms with Crippen molar-refractivity contribution in [2.45, 2.75) is 38.8 Å². The molecule has 2 saturated heterocycles. The van der Waals surface area contributed by atoms with E-state index in [2.05, 4.69) is 15.1 Å². The average molecular weight is 292 g/mol. The molecule has 116 valence electrons. The summed E-state index contributed by atoms with van der Waals surface area (Å²) in [5.41, 5.74) is 2.23. The van der Waals surface area contributed by atoms with Gasteiger partial charge in [0.15, 0.2) is 0 Å². The molecule has 2 aliphatic rings. The normalized spacial score (nSPS) is 26.7. The minimum absolute atomic E-state index is 0.0605. The molecule has 3 heterocycles. The number of carbonyl (C=O) groups is 1. The standard InChI is InChI=1S/C15H24N4O2/c1-11-13(7-16-17-11)9-18-8-12(14(20)10-18)6-15(21)19-4-2-3-5-19/h7,12,14,20H,2-6,8-10H2,1H3,(H,16,17)/t12-,14-/m0/s1. The predicted octanol–water partition coefficient (Wildman–Crippen LogP) is 0.523. The highest BCUT2D eigenvalue weighted by Crippen LogP contribution is 2.24. The van der Waals surface area contributed by atoms with Gasteiger partial charge in [-0.15, -0.1) is 0 Å². The van der Waals surface area contributed by atoms with Crippen LogP contribution in [-0.2, 0) is 11.3 Å². The van der Waals surface area contributed by atoms with Crippen LogP contribution in [0.25, 0.3) is 0 Å². The molecule has 1 aromatic heterocycles. The van der Waals surface area contributed by atoms with E-state index in [1.165, 1.54) is 0 Å². The van der Waals surface area contributed by atoms with E-state index in [4.69, 9.17) is 0 Å². The zero-order valence-corrected chi connectivity index (χ0v) is 12.6. The molecule has 0 saturated carbocycles. The molecule has 1 aromatic rings. The van der Waals surface area contributed by atoms with E-state index in [9.17, 15) is 9.90 Å². The van der Waals surface area contributed by atoms with E-state index in [0.29, 0.717) is 13.0 Å². The summed E-state index contributed by atoms with van der Waals surface area (Å²) in [5, 5.41) is 17.2. The van der Waals surface area contributed by atoms with Crippen molar-refractivity contribution in [3.8, 4) is 0 Å². The second-order valence-corrected chi connectivity index (χ2v) is 6.33. The molecule has 6 heteroatoms. The number of H-pyrrole nitrogens is 1. The van der Waals surface area contributed by atoms with Crippen LogP contribution in [0.5, 0.6) is 0 Å². The summed E-state index contributed by atoms with van der Waals surface area (Å²) in [7, 11) is 0. The summed E-state index contributed by atoms with van der Waals surface area (Å²) in [4.78, 5) is 16.4. The Morgan fingerprint density at radius 1 is 1.43 bits per heavy atom. The summed E-state index contributed by atoms with van der Waals surface area (Å²) in [6.45, 7) is 5.99. The Labute approximate surface area is 125 Å². The van der Waals surface area contributed by atoms with Crippen LogP contribution in [0.4, 0.5) is 0 Å². The Bertz CT molecular complexity index is 496. The van der Waals surface area contributed by atoms with Gasteiger partial charge in [-0.2, -0.15) is 5.10 Å². The van der Waals surface area contributed by atoms with Gasteiger partial charge in [0.2, 0.25) is 5.91 Å². The Morgan fingerprint density at radius 2 is 2.19 bits per heavy atom. The van der Waals surface area contributed by atoms with Crippen LogP contribution in [0, 0.1) is 12.8 Å². The lowest BCUT2D eigenvalue weighted by Gasteiger charge is -2.19. The molecule has 1 amide bonds. The molecule has 0 bridgehead atoms. The molecule has 21 heavy (non-hydrogen) atoms. The van der Waals surface area contributed by atoms with Gasteiger partial charge >= 0.3 is 0 Å². The third-order valence-electron chi connectivity index (χ3n) is 4.71. The third-order valence-corrected chi connectivity index (χ3v) is 4.71. The maximum Gasteiger partial charge on any atom is 0.222 e. The lowest BCUT2D eigenvalue weighted by molar-refractivity contribution is -0.131. The van der Waals surface area contributed by atoms with Gasteiger partial charge in [-0.1, -0.05) is 0 Å². The molecule has 6 nitrogen and oxygen atoms in total. The van der Waals surface area contributed by atoms with Crippen molar-refractivity contribution in [2.24, 2.45) is 5.92 Å². The van der Waals surface area contributed by atoms with Crippen LogP contribution in [0.3, 0.4) is 0 Å². The number of aryl methyl sites for hydroxylation is 1. The van der Waals surface area contributed by atoms with Crippen molar-refractivity contribution >= 4 is 5.91 Å². The van der Waals surface area contributed by atoms with Crippen molar-refractivity contribution in [2.75, 3.05) is 26.2 Å².